The van der Waals surface area contributed by atoms with Crippen molar-refractivity contribution in [2.24, 2.45) is 7.05 Å². The summed E-state index contributed by atoms with van der Waals surface area (Å²) < 4.78 is 41.3. The molecule has 20 heavy (non-hydrogen) atoms. The molecule has 1 aromatic carbocycles. The molecule has 1 heterocycles. The molecule has 0 saturated carbocycles. The number of sulfonamides is 1. The van der Waals surface area contributed by atoms with Crippen LogP contribution in [0, 0.1) is 12.7 Å². The molecule has 1 aromatic heterocycles. The van der Waals surface area contributed by atoms with Gasteiger partial charge >= 0.3 is 0 Å². The second-order valence-electron chi connectivity index (χ2n) is 4.19. The third-order valence-electron chi connectivity index (χ3n) is 2.69. The first-order valence-electron chi connectivity index (χ1n) is 5.48. The smallest absolute Gasteiger partial charge is 0.267 e. The largest absolute Gasteiger partial charge is 0.381 e. The van der Waals surface area contributed by atoms with E-state index in [1.807, 2.05) is 0 Å². The standard InChI is InChI=1S/C11H12ClFN4O2S/c1-6-10(11(14)15-17(6)2)20(18,19)16-9-4-7(12)3-8(13)5-9/h3-5,16H,1-2H3,(H2,14,15). The van der Waals surface area contributed by atoms with Crippen LogP contribution in [-0.4, -0.2) is 18.2 Å². The molecule has 0 bridgehead atoms. The highest BCUT2D eigenvalue weighted by Crippen LogP contribution is 2.25. The lowest BCUT2D eigenvalue weighted by Crippen LogP contribution is -2.15. The molecule has 0 aliphatic heterocycles. The molecule has 0 radical (unpaired) electrons. The number of aromatic nitrogens is 2. The average Bonchev–Trinajstić information content (AvgIpc) is 2.50. The number of aryl methyl sites for hydroxylation is 1. The monoisotopic (exact) mass is 318 g/mol. The van der Waals surface area contributed by atoms with Gasteiger partial charge < -0.3 is 5.73 Å². The highest BCUT2D eigenvalue weighted by atomic mass is 35.5. The molecule has 2 rings (SSSR count). The Labute approximate surface area is 120 Å². The zero-order chi connectivity index (χ0) is 15.1. The van der Waals surface area contributed by atoms with Crippen molar-refractivity contribution in [2.45, 2.75) is 11.8 Å². The van der Waals surface area contributed by atoms with Gasteiger partial charge in [0.1, 0.15) is 5.82 Å². The third kappa shape index (κ3) is 2.70. The SMILES string of the molecule is Cc1c(S(=O)(=O)Nc2cc(F)cc(Cl)c2)c(N)nn1C. The quantitative estimate of drug-likeness (QED) is 0.904. The Kier molecular flexibility index (Phi) is 3.61. The van der Waals surface area contributed by atoms with Crippen molar-refractivity contribution in [3.05, 3.63) is 34.7 Å². The van der Waals surface area contributed by atoms with Gasteiger partial charge in [0.25, 0.3) is 10.0 Å². The number of halogens is 2. The molecule has 9 heteroatoms. The number of hydrogen-bond acceptors (Lipinski definition) is 4. The summed E-state index contributed by atoms with van der Waals surface area (Å²) in [5.74, 6) is -0.772. The first kappa shape index (κ1) is 14.6. The van der Waals surface area contributed by atoms with Gasteiger partial charge in [-0.25, -0.2) is 12.8 Å². The van der Waals surface area contributed by atoms with Crippen LogP contribution in [0.4, 0.5) is 15.9 Å². The van der Waals surface area contributed by atoms with Gasteiger partial charge in [0.15, 0.2) is 10.7 Å². The fraction of sp³-hybridized carbons (Fsp3) is 0.182. The van der Waals surface area contributed by atoms with Crippen molar-refractivity contribution in [1.29, 1.82) is 0 Å². The van der Waals surface area contributed by atoms with E-state index in [1.165, 1.54) is 10.7 Å². The van der Waals surface area contributed by atoms with Gasteiger partial charge in [-0.2, -0.15) is 5.10 Å². The fourth-order valence-electron chi connectivity index (χ4n) is 1.77. The molecule has 0 aliphatic carbocycles. The lowest BCUT2D eigenvalue weighted by atomic mass is 10.3. The molecule has 0 amide bonds. The van der Waals surface area contributed by atoms with Crippen LogP contribution in [0.1, 0.15) is 5.69 Å². The van der Waals surface area contributed by atoms with Crippen LogP contribution in [0.3, 0.4) is 0 Å². The molecule has 0 saturated heterocycles. The minimum atomic E-state index is -3.97. The number of benzene rings is 1. The summed E-state index contributed by atoms with van der Waals surface area (Å²) in [6, 6.07) is 3.39. The number of nitrogens with zero attached hydrogens (tertiary/aromatic N) is 2. The van der Waals surface area contributed by atoms with Crippen LogP contribution in [0.5, 0.6) is 0 Å². The summed E-state index contributed by atoms with van der Waals surface area (Å²) in [7, 11) is -2.40. The lowest BCUT2D eigenvalue weighted by Gasteiger charge is -2.08. The Morgan fingerprint density at radius 3 is 2.55 bits per heavy atom. The Hall–Kier alpha value is -1.80. The van der Waals surface area contributed by atoms with Gasteiger partial charge in [0, 0.05) is 12.1 Å². The van der Waals surface area contributed by atoms with Crippen molar-refractivity contribution in [2.75, 3.05) is 10.5 Å². The summed E-state index contributed by atoms with van der Waals surface area (Å²) in [5, 5.41) is 3.91. The maximum atomic E-state index is 13.2. The van der Waals surface area contributed by atoms with Gasteiger partial charge in [0.05, 0.1) is 11.4 Å². The van der Waals surface area contributed by atoms with Gasteiger partial charge in [-0.1, -0.05) is 11.6 Å². The van der Waals surface area contributed by atoms with Gasteiger partial charge in [0.2, 0.25) is 0 Å². The molecule has 108 valence electrons. The zero-order valence-electron chi connectivity index (χ0n) is 10.7. The van der Waals surface area contributed by atoms with Gasteiger partial charge in [-0.3, -0.25) is 9.40 Å². The van der Waals surface area contributed by atoms with Gasteiger partial charge in [-0.15, -0.1) is 0 Å². The highest BCUT2D eigenvalue weighted by Gasteiger charge is 2.24. The number of nitrogens with one attached hydrogen (secondary N) is 1. The molecule has 0 atom stereocenters. The average molecular weight is 319 g/mol. The Morgan fingerprint density at radius 1 is 1.40 bits per heavy atom. The number of nitrogens with two attached hydrogens (primary N) is 1. The number of anilines is 2. The van der Waals surface area contributed by atoms with E-state index in [9.17, 15) is 12.8 Å². The van der Waals surface area contributed by atoms with Gasteiger partial charge in [-0.05, 0) is 25.1 Å². The number of rotatable bonds is 3. The molecule has 2 aromatic rings. The van der Waals surface area contributed by atoms with E-state index in [1.54, 1.807) is 14.0 Å². The maximum Gasteiger partial charge on any atom is 0.267 e. The molecular weight excluding hydrogens is 307 g/mol. The van der Waals surface area contributed by atoms with Crippen molar-refractivity contribution >= 4 is 33.1 Å². The molecule has 6 nitrogen and oxygen atoms in total. The van der Waals surface area contributed by atoms with Crippen molar-refractivity contribution < 1.29 is 12.8 Å². The Balaban J connectivity index is 2.46. The molecule has 0 unspecified atom stereocenters. The molecule has 0 fully saturated rings. The zero-order valence-corrected chi connectivity index (χ0v) is 12.3. The normalized spacial score (nSPS) is 11.6. The van der Waals surface area contributed by atoms with Crippen molar-refractivity contribution in [3.63, 3.8) is 0 Å². The Bertz CT molecular complexity index is 753. The highest BCUT2D eigenvalue weighted by molar-refractivity contribution is 7.93. The Morgan fingerprint density at radius 2 is 2.05 bits per heavy atom. The third-order valence-corrected chi connectivity index (χ3v) is 4.45. The van der Waals surface area contributed by atoms with Crippen LogP contribution in [0.25, 0.3) is 0 Å². The molecule has 3 N–H and O–H groups in total. The fourth-order valence-corrected chi connectivity index (χ4v) is 3.35. The molecule has 0 spiro atoms. The number of nitrogen functional groups attached to an aromatic ring is 1. The minimum Gasteiger partial charge on any atom is -0.381 e. The summed E-state index contributed by atoms with van der Waals surface area (Å²) >= 11 is 5.68. The van der Waals surface area contributed by atoms with E-state index in [0.717, 1.165) is 12.1 Å². The topological polar surface area (TPSA) is 90.0 Å². The van der Waals surface area contributed by atoms with Crippen molar-refractivity contribution in [1.82, 2.24) is 9.78 Å². The maximum absolute atomic E-state index is 13.2. The van der Waals surface area contributed by atoms with Crippen LogP contribution < -0.4 is 10.5 Å². The summed E-state index contributed by atoms with van der Waals surface area (Å²) in [5.41, 5.74) is 5.97. The summed E-state index contributed by atoms with van der Waals surface area (Å²) in [4.78, 5) is -0.139. The van der Waals surface area contributed by atoms with E-state index in [0.29, 0.717) is 5.69 Å². The van der Waals surface area contributed by atoms with E-state index in [4.69, 9.17) is 17.3 Å². The second kappa shape index (κ2) is 4.95. The van der Waals surface area contributed by atoms with Crippen LogP contribution >= 0.6 is 11.6 Å². The van der Waals surface area contributed by atoms with Crippen LogP contribution in [0.2, 0.25) is 5.02 Å². The van der Waals surface area contributed by atoms with Crippen LogP contribution in [-0.2, 0) is 17.1 Å². The van der Waals surface area contributed by atoms with Crippen molar-refractivity contribution in [3.8, 4) is 0 Å². The van der Waals surface area contributed by atoms with E-state index in [2.05, 4.69) is 9.82 Å². The predicted octanol–water partition coefficient (Wildman–Crippen LogP) is 1.90. The number of hydrogen-bond donors (Lipinski definition) is 2. The molecular formula is C11H12ClFN4O2S. The van der Waals surface area contributed by atoms with E-state index >= 15 is 0 Å². The first-order valence-corrected chi connectivity index (χ1v) is 7.35. The lowest BCUT2D eigenvalue weighted by molar-refractivity contribution is 0.600. The summed E-state index contributed by atoms with van der Waals surface area (Å²) in [6.07, 6.45) is 0. The summed E-state index contributed by atoms with van der Waals surface area (Å²) in [6.45, 7) is 1.57. The minimum absolute atomic E-state index is 0.0117. The molecule has 0 aliphatic rings. The first-order chi connectivity index (χ1) is 9.20. The predicted molar refractivity (Wildman–Crippen MR) is 74.6 cm³/mol. The van der Waals surface area contributed by atoms with Crippen LogP contribution in [0.15, 0.2) is 23.1 Å². The van der Waals surface area contributed by atoms with E-state index in [-0.39, 0.29) is 21.4 Å². The van der Waals surface area contributed by atoms with E-state index < -0.39 is 15.8 Å². The second-order valence-corrected chi connectivity index (χ2v) is 6.24.